The van der Waals surface area contributed by atoms with E-state index in [-0.39, 0.29) is 11.3 Å². The fourth-order valence-electron chi connectivity index (χ4n) is 3.08. The molecule has 3 aromatic rings. The summed E-state index contributed by atoms with van der Waals surface area (Å²) in [6, 6.07) is 15.4. The van der Waals surface area contributed by atoms with Gasteiger partial charge in [-0.3, -0.25) is 9.59 Å². The van der Waals surface area contributed by atoms with Crippen molar-refractivity contribution in [3.05, 3.63) is 80.6 Å². The van der Waals surface area contributed by atoms with Crippen molar-refractivity contribution in [1.29, 1.82) is 0 Å². The molecule has 146 valence electrons. The molecule has 0 unspecified atom stereocenters. The van der Waals surface area contributed by atoms with Gasteiger partial charge in [-0.25, -0.2) is 4.90 Å². The number of nitrogens with one attached hydrogen (secondary N) is 1. The average Bonchev–Trinajstić information content (AvgIpc) is 3.28. The van der Waals surface area contributed by atoms with Crippen LogP contribution >= 0.6 is 34.5 Å². The molecule has 0 fully saturated rings. The average molecular weight is 445 g/mol. The minimum absolute atomic E-state index is 0.165. The van der Waals surface area contributed by atoms with Crippen LogP contribution in [0.15, 0.2) is 65.7 Å². The van der Waals surface area contributed by atoms with Gasteiger partial charge in [0.25, 0.3) is 11.8 Å². The SMILES string of the molecule is COc1ccccc1NC1=C(c2cccs2)C(=O)N(c2cc(Cl)cc(Cl)c2)C1=O. The number of carbonyl (C=O) groups excluding carboxylic acids is 2. The third-order valence-electron chi connectivity index (χ3n) is 4.32. The third-order valence-corrected chi connectivity index (χ3v) is 5.65. The van der Waals surface area contributed by atoms with Crippen LogP contribution < -0.4 is 15.0 Å². The molecule has 0 saturated heterocycles. The van der Waals surface area contributed by atoms with Crippen LogP contribution in [0.5, 0.6) is 5.75 Å². The van der Waals surface area contributed by atoms with Gasteiger partial charge in [0.1, 0.15) is 11.4 Å². The van der Waals surface area contributed by atoms with Crippen LogP contribution in [-0.2, 0) is 9.59 Å². The number of anilines is 2. The summed E-state index contributed by atoms with van der Waals surface area (Å²) in [5.41, 5.74) is 1.33. The van der Waals surface area contributed by atoms with E-state index in [1.54, 1.807) is 24.3 Å². The standard InChI is InChI=1S/C21H14Cl2N2O3S/c1-28-16-6-3-2-5-15(16)24-19-18(17-7-4-8-29-17)20(26)25(21(19)27)14-10-12(22)9-13(23)11-14/h2-11,24H,1H3. The number of benzene rings is 2. The summed E-state index contributed by atoms with van der Waals surface area (Å²) in [7, 11) is 1.54. The van der Waals surface area contributed by atoms with E-state index in [2.05, 4.69) is 5.32 Å². The zero-order valence-electron chi connectivity index (χ0n) is 15.1. The number of amides is 2. The molecule has 0 atom stereocenters. The van der Waals surface area contributed by atoms with Gasteiger partial charge in [0, 0.05) is 14.9 Å². The Morgan fingerprint density at radius 1 is 0.966 bits per heavy atom. The molecule has 1 aromatic heterocycles. The fraction of sp³-hybridized carbons (Fsp3) is 0.0476. The van der Waals surface area contributed by atoms with Gasteiger partial charge in [0.15, 0.2) is 0 Å². The predicted octanol–water partition coefficient (Wildman–Crippen LogP) is 5.46. The first kappa shape index (κ1) is 19.5. The molecule has 0 bridgehead atoms. The van der Waals surface area contributed by atoms with Crippen LogP contribution in [0.4, 0.5) is 11.4 Å². The highest BCUT2D eigenvalue weighted by atomic mass is 35.5. The second-order valence-electron chi connectivity index (χ2n) is 6.13. The van der Waals surface area contributed by atoms with E-state index in [9.17, 15) is 9.59 Å². The summed E-state index contributed by atoms with van der Waals surface area (Å²) < 4.78 is 5.36. The van der Waals surface area contributed by atoms with Crippen molar-refractivity contribution in [3.8, 4) is 5.75 Å². The fourth-order valence-corrected chi connectivity index (χ4v) is 4.36. The van der Waals surface area contributed by atoms with Crippen LogP contribution in [-0.4, -0.2) is 18.9 Å². The summed E-state index contributed by atoms with van der Waals surface area (Å²) in [6.45, 7) is 0. The highest BCUT2D eigenvalue weighted by Gasteiger charge is 2.41. The van der Waals surface area contributed by atoms with Gasteiger partial charge in [-0.1, -0.05) is 41.4 Å². The van der Waals surface area contributed by atoms with E-state index < -0.39 is 11.8 Å². The van der Waals surface area contributed by atoms with E-state index in [0.29, 0.717) is 32.0 Å². The van der Waals surface area contributed by atoms with Crippen LogP contribution in [0.1, 0.15) is 4.88 Å². The van der Waals surface area contributed by atoms with Crippen molar-refractivity contribution >= 4 is 63.3 Å². The lowest BCUT2D eigenvalue weighted by atomic mass is 10.1. The van der Waals surface area contributed by atoms with E-state index in [1.807, 2.05) is 23.6 Å². The number of ether oxygens (including phenoxy) is 1. The Morgan fingerprint density at radius 3 is 2.34 bits per heavy atom. The Kier molecular flexibility index (Phi) is 5.32. The molecule has 29 heavy (non-hydrogen) atoms. The lowest BCUT2D eigenvalue weighted by molar-refractivity contribution is -0.120. The number of methoxy groups -OCH3 is 1. The number of hydrogen-bond acceptors (Lipinski definition) is 5. The van der Waals surface area contributed by atoms with Crippen molar-refractivity contribution in [2.45, 2.75) is 0 Å². The zero-order chi connectivity index (χ0) is 20.5. The van der Waals surface area contributed by atoms with Gasteiger partial charge in [0.05, 0.1) is 24.1 Å². The molecule has 1 N–H and O–H groups in total. The maximum atomic E-state index is 13.3. The van der Waals surface area contributed by atoms with Gasteiger partial charge < -0.3 is 10.1 Å². The highest BCUT2D eigenvalue weighted by Crippen LogP contribution is 2.38. The van der Waals surface area contributed by atoms with Crippen LogP contribution in [0.25, 0.3) is 5.57 Å². The summed E-state index contributed by atoms with van der Waals surface area (Å²) in [5.74, 6) is -0.397. The van der Waals surface area contributed by atoms with E-state index in [0.717, 1.165) is 4.90 Å². The number of para-hydroxylation sites is 2. The highest BCUT2D eigenvalue weighted by molar-refractivity contribution is 7.11. The van der Waals surface area contributed by atoms with Crippen LogP contribution in [0.2, 0.25) is 10.0 Å². The number of halogens is 2. The van der Waals surface area contributed by atoms with Gasteiger partial charge in [0.2, 0.25) is 0 Å². The molecule has 8 heteroatoms. The Bertz CT molecular complexity index is 1120. The first-order valence-electron chi connectivity index (χ1n) is 8.52. The number of nitrogens with zero attached hydrogens (tertiary/aromatic N) is 1. The van der Waals surface area contributed by atoms with Crippen molar-refractivity contribution in [1.82, 2.24) is 0 Å². The molecular formula is C21H14Cl2N2O3S. The molecule has 2 heterocycles. The normalized spacial score (nSPS) is 14.0. The second kappa shape index (κ2) is 7.91. The summed E-state index contributed by atoms with van der Waals surface area (Å²) >= 11 is 13.5. The van der Waals surface area contributed by atoms with Gasteiger partial charge in [-0.05, 0) is 41.8 Å². The second-order valence-corrected chi connectivity index (χ2v) is 7.95. The molecule has 5 nitrogen and oxygen atoms in total. The lowest BCUT2D eigenvalue weighted by Crippen LogP contribution is -2.32. The van der Waals surface area contributed by atoms with Gasteiger partial charge in [-0.15, -0.1) is 11.3 Å². The Morgan fingerprint density at radius 2 is 1.69 bits per heavy atom. The number of carbonyl (C=O) groups is 2. The molecular weight excluding hydrogens is 431 g/mol. The quantitative estimate of drug-likeness (QED) is 0.530. The molecule has 0 aliphatic carbocycles. The van der Waals surface area contributed by atoms with E-state index in [4.69, 9.17) is 27.9 Å². The maximum absolute atomic E-state index is 13.3. The summed E-state index contributed by atoms with van der Waals surface area (Å²) in [4.78, 5) is 28.4. The Balaban J connectivity index is 1.83. The Labute approximate surface area is 181 Å². The molecule has 1 aliphatic rings. The molecule has 4 rings (SSSR count). The molecule has 0 radical (unpaired) electrons. The van der Waals surface area contributed by atoms with Crippen LogP contribution in [0.3, 0.4) is 0 Å². The van der Waals surface area contributed by atoms with Crippen molar-refractivity contribution in [3.63, 3.8) is 0 Å². The van der Waals surface area contributed by atoms with E-state index >= 15 is 0 Å². The minimum atomic E-state index is -0.498. The van der Waals surface area contributed by atoms with Crippen LogP contribution in [0, 0.1) is 0 Å². The van der Waals surface area contributed by atoms with Gasteiger partial charge in [-0.2, -0.15) is 0 Å². The zero-order valence-corrected chi connectivity index (χ0v) is 17.4. The first-order valence-corrected chi connectivity index (χ1v) is 10.2. The lowest BCUT2D eigenvalue weighted by Gasteiger charge is -2.16. The number of hydrogen-bond donors (Lipinski definition) is 1. The molecule has 0 saturated carbocycles. The maximum Gasteiger partial charge on any atom is 0.282 e. The number of imide groups is 1. The topological polar surface area (TPSA) is 58.6 Å². The smallest absolute Gasteiger partial charge is 0.282 e. The largest absolute Gasteiger partial charge is 0.495 e. The van der Waals surface area contributed by atoms with Crippen molar-refractivity contribution in [2.75, 3.05) is 17.3 Å². The molecule has 2 amide bonds. The Hall–Kier alpha value is -2.80. The number of thiophene rings is 1. The molecule has 0 spiro atoms. The summed E-state index contributed by atoms with van der Waals surface area (Å²) in [5, 5.41) is 5.60. The van der Waals surface area contributed by atoms with Gasteiger partial charge >= 0.3 is 0 Å². The minimum Gasteiger partial charge on any atom is -0.495 e. The molecule has 2 aromatic carbocycles. The number of rotatable bonds is 5. The third kappa shape index (κ3) is 3.62. The van der Waals surface area contributed by atoms with Crippen molar-refractivity contribution < 1.29 is 14.3 Å². The predicted molar refractivity (Wildman–Crippen MR) is 117 cm³/mol. The first-order chi connectivity index (χ1) is 14.0. The van der Waals surface area contributed by atoms with E-state index in [1.165, 1.54) is 30.6 Å². The monoisotopic (exact) mass is 444 g/mol. The summed E-state index contributed by atoms with van der Waals surface area (Å²) in [6.07, 6.45) is 0. The molecule has 1 aliphatic heterocycles. The van der Waals surface area contributed by atoms with Crippen molar-refractivity contribution in [2.24, 2.45) is 0 Å².